The molecule has 2 fully saturated rings. The summed E-state index contributed by atoms with van der Waals surface area (Å²) in [5, 5.41) is 2.10. The van der Waals surface area contributed by atoms with Crippen molar-refractivity contribution in [1.82, 2.24) is 9.62 Å². The van der Waals surface area contributed by atoms with Crippen LogP contribution in [-0.2, 0) is 21.3 Å². The first-order valence-electron chi connectivity index (χ1n) is 7.30. The second kappa shape index (κ2) is 5.96. The third-order valence-corrected chi connectivity index (χ3v) is 5.85. The first-order chi connectivity index (χ1) is 9.94. The summed E-state index contributed by atoms with van der Waals surface area (Å²) in [6, 6.07) is 4.25. The molecule has 2 aliphatic rings. The highest BCUT2D eigenvalue weighted by atomic mass is 32.2. The Labute approximate surface area is 130 Å². The fraction of sp³-hybridized carbons (Fsp3) is 0.714. The van der Waals surface area contributed by atoms with Crippen LogP contribution in [0.4, 0.5) is 0 Å². The first kappa shape index (κ1) is 15.4. The Morgan fingerprint density at radius 3 is 3.14 bits per heavy atom. The van der Waals surface area contributed by atoms with Crippen molar-refractivity contribution in [3.05, 3.63) is 22.4 Å². The highest BCUT2D eigenvalue weighted by Gasteiger charge is 2.43. The molecule has 5 nitrogen and oxygen atoms in total. The summed E-state index contributed by atoms with van der Waals surface area (Å²) < 4.78 is 31.6. The monoisotopic (exact) mass is 330 g/mol. The van der Waals surface area contributed by atoms with Gasteiger partial charge in [-0.05, 0) is 30.7 Å². The fourth-order valence-corrected chi connectivity index (χ4v) is 4.95. The lowest BCUT2D eigenvalue weighted by Crippen LogP contribution is -2.49. The van der Waals surface area contributed by atoms with Crippen LogP contribution in [-0.4, -0.2) is 50.9 Å². The minimum Gasteiger partial charge on any atom is -0.373 e. The summed E-state index contributed by atoms with van der Waals surface area (Å²) in [5.41, 5.74) is -0.169. The normalized spacial score (nSPS) is 31.0. The Kier molecular flexibility index (Phi) is 4.38. The second-order valence-electron chi connectivity index (χ2n) is 6.15. The largest absolute Gasteiger partial charge is 0.373 e. The Morgan fingerprint density at radius 1 is 1.57 bits per heavy atom. The van der Waals surface area contributed by atoms with Crippen LogP contribution in [0.25, 0.3) is 0 Å². The lowest BCUT2D eigenvalue weighted by atomic mass is 9.90. The van der Waals surface area contributed by atoms with Gasteiger partial charge in [-0.1, -0.05) is 6.07 Å². The lowest BCUT2D eigenvalue weighted by Gasteiger charge is -2.38. The van der Waals surface area contributed by atoms with Gasteiger partial charge < -0.3 is 4.74 Å². The van der Waals surface area contributed by atoms with Crippen molar-refractivity contribution in [1.29, 1.82) is 0 Å². The third-order valence-electron chi connectivity index (χ3n) is 4.23. The number of hydrogen-bond acceptors (Lipinski definition) is 5. The molecule has 118 valence electrons. The van der Waals surface area contributed by atoms with E-state index in [1.807, 2.05) is 0 Å². The summed E-state index contributed by atoms with van der Waals surface area (Å²) in [6.07, 6.45) is 3.76. The third kappa shape index (κ3) is 4.04. The minimum atomic E-state index is -3.14. The van der Waals surface area contributed by atoms with Crippen molar-refractivity contribution >= 4 is 21.4 Å². The summed E-state index contributed by atoms with van der Waals surface area (Å²) in [5.74, 6) is 0. The molecule has 0 aliphatic carbocycles. The van der Waals surface area contributed by atoms with E-state index >= 15 is 0 Å². The van der Waals surface area contributed by atoms with Gasteiger partial charge in [-0.2, -0.15) is 0 Å². The summed E-state index contributed by atoms with van der Waals surface area (Å²) in [4.78, 5) is 3.78. The van der Waals surface area contributed by atoms with Gasteiger partial charge in [-0.25, -0.2) is 13.1 Å². The van der Waals surface area contributed by atoms with E-state index in [4.69, 9.17) is 4.74 Å². The molecule has 7 heteroatoms. The first-order valence-corrected chi connectivity index (χ1v) is 10.1. The Balaban J connectivity index is 1.60. The van der Waals surface area contributed by atoms with Crippen molar-refractivity contribution in [2.24, 2.45) is 0 Å². The van der Waals surface area contributed by atoms with E-state index in [-0.39, 0.29) is 11.6 Å². The fourth-order valence-electron chi connectivity index (χ4n) is 3.40. The van der Waals surface area contributed by atoms with Crippen LogP contribution in [0.3, 0.4) is 0 Å². The molecule has 0 aromatic carbocycles. The number of likely N-dealkylation sites (tertiary alicyclic amines) is 1. The number of rotatable bonds is 4. The zero-order valence-corrected chi connectivity index (χ0v) is 13.9. The topological polar surface area (TPSA) is 58.6 Å². The number of nitrogens with zero attached hydrogens (tertiary/aromatic N) is 1. The number of nitrogens with one attached hydrogen (secondary N) is 1. The zero-order valence-electron chi connectivity index (χ0n) is 12.2. The number of thiophene rings is 1. The van der Waals surface area contributed by atoms with Crippen LogP contribution in [0.2, 0.25) is 0 Å². The molecule has 3 rings (SSSR count). The molecule has 0 saturated carbocycles. The molecule has 0 unspecified atom stereocenters. The van der Waals surface area contributed by atoms with Crippen molar-refractivity contribution in [2.75, 3.05) is 26.0 Å². The van der Waals surface area contributed by atoms with Crippen LogP contribution in [0.5, 0.6) is 0 Å². The van der Waals surface area contributed by atoms with E-state index in [9.17, 15) is 8.42 Å². The minimum absolute atomic E-state index is 0.00966. The standard InChI is InChI=1S/C14H22N2O3S2/c1-21(17,18)15-12-4-7-19-14(9-12)5-6-16(11-14)10-13-3-2-8-20-13/h2-3,8,12,15H,4-7,9-11H2,1H3/t12-,14-/m1/s1. The summed E-state index contributed by atoms with van der Waals surface area (Å²) in [6.45, 7) is 3.52. The van der Waals surface area contributed by atoms with Crippen molar-refractivity contribution in [3.63, 3.8) is 0 Å². The van der Waals surface area contributed by atoms with Gasteiger partial charge in [0, 0.05) is 37.2 Å². The average molecular weight is 330 g/mol. The number of hydrogen-bond donors (Lipinski definition) is 1. The SMILES string of the molecule is CS(=O)(=O)N[C@@H]1CCO[C@]2(CCN(Cc3cccs3)C2)C1. The summed E-state index contributed by atoms with van der Waals surface area (Å²) >= 11 is 1.78. The van der Waals surface area contributed by atoms with Crippen molar-refractivity contribution in [2.45, 2.75) is 37.5 Å². The maximum atomic E-state index is 11.4. The molecule has 3 heterocycles. The lowest BCUT2D eigenvalue weighted by molar-refractivity contribution is -0.0778. The second-order valence-corrected chi connectivity index (χ2v) is 8.96. The molecular weight excluding hydrogens is 308 g/mol. The van der Waals surface area contributed by atoms with Gasteiger partial charge >= 0.3 is 0 Å². The molecule has 0 amide bonds. The highest BCUT2D eigenvalue weighted by Crippen LogP contribution is 2.35. The Morgan fingerprint density at radius 2 is 2.43 bits per heavy atom. The Hall–Kier alpha value is -0.470. The van der Waals surface area contributed by atoms with E-state index in [0.29, 0.717) is 6.61 Å². The van der Waals surface area contributed by atoms with E-state index in [0.717, 1.165) is 38.9 Å². The maximum Gasteiger partial charge on any atom is 0.208 e. The van der Waals surface area contributed by atoms with Gasteiger partial charge in [0.05, 0.1) is 11.9 Å². The molecule has 1 N–H and O–H groups in total. The average Bonchev–Trinajstić information content (AvgIpc) is 2.99. The predicted molar refractivity (Wildman–Crippen MR) is 83.9 cm³/mol. The van der Waals surface area contributed by atoms with E-state index < -0.39 is 10.0 Å². The molecule has 2 saturated heterocycles. The van der Waals surface area contributed by atoms with E-state index in [1.165, 1.54) is 11.1 Å². The molecule has 2 aliphatic heterocycles. The number of ether oxygens (including phenoxy) is 1. The maximum absolute atomic E-state index is 11.4. The smallest absolute Gasteiger partial charge is 0.208 e. The van der Waals surface area contributed by atoms with Crippen LogP contribution in [0, 0.1) is 0 Å². The molecule has 1 aromatic rings. The molecule has 0 radical (unpaired) electrons. The summed E-state index contributed by atoms with van der Waals surface area (Å²) in [7, 11) is -3.14. The molecule has 1 spiro atoms. The van der Waals surface area contributed by atoms with Gasteiger partial charge in [-0.15, -0.1) is 11.3 Å². The van der Waals surface area contributed by atoms with Gasteiger partial charge in [-0.3, -0.25) is 4.90 Å². The van der Waals surface area contributed by atoms with Crippen LogP contribution < -0.4 is 4.72 Å². The quantitative estimate of drug-likeness (QED) is 0.907. The zero-order chi connectivity index (χ0) is 14.9. The van der Waals surface area contributed by atoms with Gasteiger partial charge in [0.2, 0.25) is 10.0 Å². The molecule has 2 atom stereocenters. The van der Waals surface area contributed by atoms with E-state index in [1.54, 1.807) is 11.3 Å². The molecule has 1 aromatic heterocycles. The number of sulfonamides is 1. The molecule has 21 heavy (non-hydrogen) atoms. The van der Waals surface area contributed by atoms with Crippen molar-refractivity contribution in [3.8, 4) is 0 Å². The van der Waals surface area contributed by atoms with Gasteiger partial charge in [0.15, 0.2) is 0 Å². The van der Waals surface area contributed by atoms with E-state index in [2.05, 4.69) is 27.1 Å². The molecule has 0 bridgehead atoms. The predicted octanol–water partition coefficient (Wildman–Crippen LogP) is 1.42. The van der Waals surface area contributed by atoms with Crippen LogP contribution in [0.15, 0.2) is 17.5 Å². The van der Waals surface area contributed by atoms with Crippen LogP contribution in [0.1, 0.15) is 24.1 Å². The van der Waals surface area contributed by atoms with Crippen molar-refractivity contribution < 1.29 is 13.2 Å². The highest BCUT2D eigenvalue weighted by molar-refractivity contribution is 7.88. The van der Waals surface area contributed by atoms with Gasteiger partial charge in [0.25, 0.3) is 0 Å². The van der Waals surface area contributed by atoms with Crippen LogP contribution >= 0.6 is 11.3 Å². The molecular formula is C14H22N2O3S2. The Bertz CT molecular complexity index is 573. The van der Waals surface area contributed by atoms with Gasteiger partial charge in [0.1, 0.15) is 0 Å².